The van der Waals surface area contributed by atoms with E-state index in [9.17, 15) is 4.79 Å². The molecular weight excluding hydrogens is 174 g/mol. The van der Waals surface area contributed by atoms with E-state index in [4.69, 9.17) is 11.6 Å². The number of rotatable bonds is 1. The molecule has 2 nitrogen and oxygen atoms in total. The minimum absolute atomic E-state index is 0.318. The molecule has 3 heteroatoms. The predicted octanol–water partition coefficient (Wildman–Crippen LogP) is 3.00. The van der Waals surface area contributed by atoms with E-state index in [1.165, 1.54) is 25.7 Å². The Hall–Kier alpha value is -0.240. The first-order chi connectivity index (χ1) is 5.72. The molecule has 0 aliphatic heterocycles. The van der Waals surface area contributed by atoms with E-state index in [1.807, 2.05) is 0 Å². The molecule has 0 radical (unpaired) electrons. The summed E-state index contributed by atoms with van der Waals surface area (Å²) in [5, 5.41) is -0.318. The molecule has 0 heterocycles. The van der Waals surface area contributed by atoms with Crippen LogP contribution in [0.15, 0.2) is 0 Å². The van der Waals surface area contributed by atoms with E-state index in [-0.39, 0.29) is 5.37 Å². The molecule has 0 unspecified atom stereocenters. The summed E-state index contributed by atoms with van der Waals surface area (Å²) in [6.07, 6.45) is 7.32. The molecule has 70 valence electrons. The molecule has 12 heavy (non-hydrogen) atoms. The second kappa shape index (κ2) is 4.70. The Morgan fingerprint density at radius 3 is 2.17 bits per heavy atom. The molecule has 1 saturated carbocycles. The van der Waals surface area contributed by atoms with Crippen molar-refractivity contribution >= 4 is 17.0 Å². The van der Waals surface area contributed by atoms with Crippen LogP contribution in [-0.2, 0) is 0 Å². The van der Waals surface area contributed by atoms with E-state index >= 15 is 0 Å². The lowest BCUT2D eigenvalue weighted by molar-refractivity contribution is 0.207. The van der Waals surface area contributed by atoms with E-state index in [0.717, 1.165) is 12.8 Å². The summed E-state index contributed by atoms with van der Waals surface area (Å²) in [5.41, 5.74) is 0. The molecule has 0 atom stereocenters. The van der Waals surface area contributed by atoms with Crippen LogP contribution in [-0.4, -0.2) is 23.4 Å². The van der Waals surface area contributed by atoms with Crippen LogP contribution in [0.2, 0.25) is 0 Å². The van der Waals surface area contributed by atoms with Crippen LogP contribution in [0.4, 0.5) is 4.79 Å². The molecule has 1 fully saturated rings. The SMILES string of the molecule is CN(C(=O)Cl)C1CCCCCC1. The largest absolute Gasteiger partial charge is 0.329 e. The van der Waals surface area contributed by atoms with Crippen LogP contribution in [0.3, 0.4) is 0 Å². The summed E-state index contributed by atoms with van der Waals surface area (Å²) in [4.78, 5) is 12.5. The summed E-state index contributed by atoms with van der Waals surface area (Å²) in [6, 6.07) is 0.387. The van der Waals surface area contributed by atoms with Crippen molar-refractivity contribution in [2.75, 3.05) is 7.05 Å². The summed E-state index contributed by atoms with van der Waals surface area (Å²) in [5.74, 6) is 0. The fraction of sp³-hybridized carbons (Fsp3) is 0.889. The van der Waals surface area contributed by atoms with Gasteiger partial charge in [0.1, 0.15) is 0 Å². The maximum absolute atomic E-state index is 10.8. The Bertz CT molecular complexity index is 153. The Morgan fingerprint density at radius 2 is 1.75 bits per heavy atom. The van der Waals surface area contributed by atoms with Crippen molar-refractivity contribution in [2.45, 2.75) is 44.6 Å². The standard InChI is InChI=1S/C9H16ClNO/c1-11(9(10)12)8-6-4-2-3-5-7-8/h8H,2-7H2,1H3. The Balaban J connectivity index is 2.42. The number of hydrogen-bond donors (Lipinski definition) is 0. The number of amides is 1. The number of nitrogens with zero attached hydrogens (tertiary/aromatic N) is 1. The molecule has 1 rings (SSSR count). The van der Waals surface area contributed by atoms with Gasteiger partial charge in [-0.1, -0.05) is 25.7 Å². The smallest absolute Gasteiger partial charge is 0.316 e. The molecule has 1 aliphatic rings. The van der Waals surface area contributed by atoms with Gasteiger partial charge in [0.2, 0.25) is 0 Å². The Labute approximate surface area is 78.9 Å². The second-order valence-electron chi connectivity index (χ2n) is 3.51. The van der Waals surface area contributed by atoms with Gasteiger partial charge in [0, 0.05) is 13.1 Å². The Morgan fingerprint density at radius 1 is 1.25 bits per heavy atom. The lowest BCUT2D eigenvalue weighted by Crippen LogP contribution is -2.33. The zero-order valence-corrected chi connectivity index (χ0v) is 8.31. The second-order valence-corrected chi connectivity index (χ2v) is 3.83. The number of halogens is 1. The number of hydrogen-bond acceptors (Lipinski definition) is 1. The minimum atomic E-state index is -0.318. The van der Waals surface area contributed by atoms with Gasteiger partial charge in [-0.15, -0.1) is 0 Å². The van der Waals surface area contributed by atoms with Gasteiger partial charge in [-0.2, -0.15) is 0 Å². The lowest BCUT2D eigenvalue weighted by atomic mass is 10.1. The molecule has 1 amide bonds. The normalized spacial score (nSPS) is 20.2. The highest BCUT2D eigenvalue weighted by atomic mass is 35.5. The first kappa shape index (κ1) is 9.85. The highest BCUT2D eigenvalue weighted by Crippen LogP contribution is 2.21. The first-order valence-corrected chi connectivity index (χ1v) is 5.02. The third-order valence-electron chi connectivity index (χ3n) is 2.65. The van der Waals surface area contributed by atoms with Crippen LogP contribution in [0, 0.1) is 0 Å². The maximum Gasteiger partial charge on any atom is 0.316 e. The van der Waals surface area contributed by atoms with Crippen molar-refractivity contribution in [1.82, 2.24) is 4.90 Å². The third kappa shape index (κ3) is 2.67. The number of carbonyl (C=O) groups excluding carboxylic acids is 1. The molecule has 0 spiro atoms. The van der Waals surface area contributed by atoms with Crippen molar-refractivity contribution in [3.05, 3.63) is 0 Å². The van der Waals surface area contributed by atoms with Crippen molar-refractivity contribution < 1.29 is 4.79 Å². The zero-order chi connectivity index (χ0) is 8.97. The van der Waals surface area contributed by atoms with E-state index in [1.54, 1.807) is 11.9 Å². The van der Waals surface area contributed by atoms with Crippen LogP contribution in [0.5, 0.6) is 0 Å². The van der Waals surface area contributed by atoms with Gasteiger partial charge in [0.05, 0.1) is 0 Å². The van der Waals surface area contributed by atoms with Gasteiger partial charge in [-0.3, -0.25) is 4.79 Å². The fourth-order valence-corrected chi connectivity index (χ4v) is 1.93. The zero-order valence-electron chi connectivity index (χ0n) is 7.55. The number of carbonyl (C=O) groups is 1. The maximum atomic E-state index is 10.8. The minimum Gasteiger partial charge on any atom is -0.329 e. The molecule has 0 aromatic heterocycles. The molecule has 0 aromatic rings. The van der Waals surface area contributed by atoms with Gasteiger partial charge in [-0.05, 0) is 24.4 Å². The van der Waals surface area contributed by atoms with Gasteiger partial charge >= 0.3 is 5.37 Å². The molecule has 1 aliphatic carbocycles. The van der Waals surface area contributed by atoms with Gasteiger partial charge in [0.15, 0.2) is 0 Å². The highest BCUT2D eigenvalue weighted by molar-refractivity contribution is 6.62. The molecule has 0 N–H and O–H groups in total. The summed E-state index contributed by atoms with van der Waals surface area (Å²) < 4.78 is 0. The van der Waals surface area contributed by atoms with Crippen LogP contribution in [0.25, 0.3) is 0 Å². The third-order valence-corrected chi connectivity index (χ3v) is 2.92. The van der Waals surface area contributed by atoms with Crippen molar-refractivity contribution in [3.8, 4) is 0 Å². The van der Waals surface area contributed by atoms with Gasteiger partial charge in [-0.25, -0.2) is 0 Å². The molecule has 0 saturated heterocycles. The molecular formula is C9H16ClNO. The van der Waals surface area contributed by atoms with Crippen molar-refractivity contribution in [1.29, 1.82) is 0 Å². The average molecular weight is 190 g/mol. The monoisotopic (exact) mass is 189 g/mol. The van der Waals surface area contributed by atoms with Crippen LogP contribution >= 0.6 is 11.6 Å². The van der Waals surface area contributed by atoms with Crippen LogP contribution in [0.1, 0.15) is 38.5 Å². The Kier molecular flexibility index (Phi) is 3.86. The quantitative estimate of drug-likeness (QED) is 0.353. The molecule has 0 aromatic carbocycles. The fourth-order valence-electron chi connectivity index (χ4n) is 1.79. The first-order valence-electron chi connectivity index (χ1n) is 4.64. The average Bonchev–Trinajstić information content (AvgIpc) is 2.30. The highest BCUT2D eigenvalue weighted by Gasteiger charge is 2.19. The summed E-state index contributed by atoms with van der Waals surface area (Å²) >= 11 is 5.40. The van der Waals surface area contributed by atoms with Gasteiger partial charge in [0.25, 0.3) is 0 Å². The predicted molar refractivity (Wildman–Crippen MR) is 50.5 cm³/mol. The van der Waals surface area contributed by atoms with Crippen LogP contribution < -0.4 is 0 Å². The van der Waals surface area contributed by atoms with E-state index in [2.05, 4.69) is 0 Å². The van der Waals surface area contributed by atoms with E-state index in [0.29, 0.717) is 6.04 Å². The van der Waals surface area contributed by atoms with E-state index < -0.39 is 0 Å². The summed E-state index contributed by atoms with van der Waals surface area (Å²) in [6.45, 7) is 0. The lowest BCUT2D eigenvalue weighted by Gasteiger charge is -2.24. The molecule has 0 bridgehead atoms. The van der Waals surface area contributed by atoms with Crippen molar-refractivity contribution in [3.63, 3.8) is 0 Å². The van der Waals surface area contributed by atoms with Gasteiger partial charge < -0.3 is 4.90 Å². The summed E-state index contributed by atoms with van der Waals surface area (Å²) in [7, 11) is 1.80. The topological polar surface area (TPSA) is 20.3 Å². The van der Waals surface area contributed by atoms with Crippen molar-refractivity contribution in [2.24, 2.45) is 0 Å².